The second-order valence-electron chi connectivity index (χ2n) is 9.72. The van der Waals surface area contributed by atoms with Gasteiger partial charge in [-0.2, -0.15) is 0 Å². The van der Waals surface area contributed by atoms with Crippen LogP contribution in [0.15, 0.2) is 24.3 Å². The van der Waals surface area contributed by atoms with Crippen LogP contribution in [-0.4, -0.2) is 64.4 Å². The van der Waals surface area contributed by atoms with Gasteiger partial charge in [-0.15, -0.1) is 0 Å². The van der Waals surface area contributed by atoms with Crippen LogP contribution in [-0.2, 0) is 14.3 Å². The van der Waals surface area contributed by atoms with Gasteiger partial charge in [0.2, 0.25) is 11.8 Å². The zero-order chi connectivity index (χ0) is 26.6. The highest BCUT2D eigenvalue weighted by atomic mass is 16.6. The number of benzene rings is 1. The highest BCUT2D eigenvalue weighted by molar-refractivity contribution is 5.92. The molecule has 198 valence electrons. The molecule has 1 aromatic rings. The van der Waals surface area contributed by atoms with Gasteiger partial charge in [-0.1, -0.05) is 58.2 Å². The number of unbranched alkanes of at least 4 members (excludes halogenated alkanes) is 2. The van der Waals surface area contributed by atoms with E-state index in [1.165, 1.54) is 11.0 Å². The van der Waals surface area contributed by atoms with Crippen molar-refractivity contribution in [3.63, 3.8) is 0 Å². The summed E-state index contributed by atoms with van der Waals surface area (Å²) in [5, 5.41) is 25.8. The van der Waals surface area contributed by atoms with Gasteiger partial charge < -0.3 is 30.5 Å². The van der Waals surface area contributed by atoms with Crippen molar-refractivity contribution in [3.8, 4) is 5.75 Å². The number of hydrogen-bond acceptors (Lipinski definition) is 6. The van der Waals surface area contributed by atoms with Gasteiger partial charge in [0.25, 0.3) is 0 Å². The normalized spacial score (nSPS) is 13.9. The number of aliphatic hydroxyl groups excluding tert-OH is 1. The standard InChI is InChI=1S/C26H43N3O6/c1-7-9-12-15-27-23(32)22(19-13-10-11-14-20(19)31)29(16-17-30)24(33)21(18(3)8-2)28-25(34)35-26(4,5)6/h10-11,13-14,18,21-22,30-31H,7-9,12,15-17H2,1-6H3,(H,27,32)(H,28,34). The molecule has 1 aromatic carbocycles. The van der Waals surface area contributed by atoms with Gasteiger partial charge in [-0.05, 0) is 39.2 Å². The average Bonchev–Trinajstić information content (AvgIpc) is 2.79. The van der Waals surface area contributed by atoms with Gasteiger partial charge in [0.05, 0.1) is 6.61 Å². The second-order valence-corrected chi connectivity index (χ2v) is 9.72. The lowest BCUT2D eigenvalue weighted by atomic mass is 9.95. The van der Waals surface area contributed by atoms with E-state index in [0.29, 0.717) is 13.0 Å². The number of phenols is 1. The summed E-state index contributed by atoms with van der Waals surface area (Å²) in [7, 11) is 0. The molecule has 35 heavy (non-hydrogen) atoms. The Kier molecular flexibility index (Phi) is 12.6. The van der Waals surface area contributed by atoms with Crippen LogP contribution in [0, 0.1) is 5.92 Å². The number of ether oxygens (including phenoxy) is 1. The number of carbonyl (C=O) groups excluding carboxylic acids is 3. The number of aliphatic hydroxyl groups is 1. The van der Waals surface area contributed by atoms with E-state index in [0.717, 1.165) is 19.3 Å². The zero-order valence-corrected chi connectivity index (χ0v) is 22.0. The first kappa shape index (κ1) is 30.2. The predicted octanol–water partition coefficient (Wildman–Crippen LogP) is 3.50. The van der Waals surface area contributed by atoms with Crippen molar-refractivity contribution in [1.29, 1.82) is 0 Å². The van der Waals surface area contributed by atoms with Crippen molar-refractivity contribution in [2.75, 3.05) is 19.7 Å². The Labute approximate surface area is 209 Å². The average molecular weight is 494 g/mol. The molecule has 0 heterocycles. The number of hydrogen-bond donors (Lipinski definition) is 4. The third-order valence-corrected chi connectivity index (χ3v) is 5.65. The van der Waals surface area contributed by atoms with E-state index >= 15 is 0 Å². The summed E-state index contributed by atoms with van der Waals surface area (Å²) in [5.41, 5.74) is -0.517. The molecule has 0 bridgehead atoms. The van der Waals surface area contributed by atoms with E-state index in [1.807, 2.05) is 13.8 Å². The lowest BCUT2D eigenvalue weighted by Gasteiger charge is -2.35. The Balaban J connectivity index is 3.39. The van der Waals surface area contributed by atoms with Crippen LogP contribution < -0.4 is 10.6 Å². The summed E-state index contributed by atoms with van der Waals surface area (Å²) in [6.07, 6.45) is 2.53. The van der Waals surface area contributed by atoms with Gasteiger partial charge in [-0.25, -0.2) is 4.79 Å². The predicted molar refractivity (Wildman–Crippen MR) is 135 cm³/mol. The van der Waals surface area contributed by atoms with Crippen molar-refractivity contribution >= 4 is 17.9 Å². The van der Waals surface area contributed by atoms with Crippen molar-refractivity contribution < 1.29 is 29.3 Å². The minimum absolute atomic E-state index is 0.142. The molecule has 4 N–H and O–H groups in total. The summed E-state index contributed by atoms with van der Waals surface area (Å²) in [6.45, 7) is 10.8. The molecule has 1 rings (SSSR count). The first-order chi connectivity index (χ1) is 16.5. The monoisotopic (exact) mass is 493 g/mol. The lowest BCUT2D eigenvalue weighted by molar-refractivity contribution is -0.144. The van der Waals surface area contributed by atoms with E-state index in [4.69, 9.17) is 4.74 Å². The number of para-hydroxylation sites is 1. The van der Waals surface area contributed by atoms with Crippen molar-refractivity contribution in [3.05, 3.63) is 29.8 Å². The molecule has 3 atom stereocenters. The summed E-state index contributed by atoms with van der Waals surface area (Å²) in [4.78, 5) is 40.9. The van der Waals surface area contributed by atoms with Gasteiger partial charge in [0.1, 0.15) is 23.4 Å². The van der Waals surface area contributed by atoms with Crippen LogP contribution in [0.1, 0.15) is 78.8 Å². The van der Waals surface area contributed by atoms with Gasteiger partial charge >= 0.3 is 6.09 Å². The third kappa shape index (κ3) is 9.76. The Morgan fingerprint density at radius 1 is 1.11 bits per heavy atom. The van der Waals surface area contributed by atoms with Gasteiger partial charge in [-0.3, -0.25) is 9.59 Å². The van der Waals surface area contributed by atoms with Crippen LogP contribution in [0.2, 0.25) is 0 Å². The lowest BCUT2D eigenvalue weighted by Crippen LogP contribution is -2.55. The maximum Gasteiger partial charge on any atom is 0.408 e. The van der Waals surface area contributed by atoms with E-state index in [-0.39, 0.29) is 23.8 Å². The molecular formula is C26H43N3O6. The third-order valence-electron chi connectivity index (χ3n) is 5.65. The van der Waals surface area contributed by atoms with E-state index < -0.39 is 42.2 Å². The minimum atomic E-state index is -1.19. The number of phenolic OH excluding ortho intramolecular Hbond substituents is 1. The molecule has 0 aliphatic heterocycles. The number of rotatable bonds is 13. The zero-order valence-electron chi connectivity index (χ0n) is 22.0. The molecule has 9 nitrogen and oxygen atoms in total. The van der Waals surface area contributed by atoms with Crippen molar-refractivity contribution in [2.24, 2.45) is 5.92 Å². The molecular weight excluding hydrogens is 450 g/mol. The molecule has 0 aliphatic rings. The van der Waals surface area contributed by atoms with Crippen LogP contribution in [0.5, 0.6) is 5.75 Å². The molecule has 0 radical (unpaired) electrons. The van der Waals surface area contributed by atoms with Crippen molar-refractivity contribution in [1.82, 2.24) is 15.5 Å². The van der Waals surface area contributed by atoms with Crippen molar-refractivity contribution in [2.45, 2.75) is 84.9 Å². The quantitative estimate of drug-likeness (QED) is 0.311. The van der Waals surface area contributed by atoms with Gasteiger partial charge in [0, 0.05) is 18.7 Å². The molecule has 0 aliphatic carbocycles. The topological polar surface area (TPSA) is 128 Å². The van der Waals surface area contributed by atoms with Crippen LogP contribution in [0.3, 0.4) is 0 Å². The summed E-state index contributed by atoms with van der Waals surface area (Å²) in [6, 6.07) is 4.12. The molecule has 0 saturated heterocycles. The Morgan fingerprint density at radius 3 is 2.31 bits per heavy atom. The second kappa shape index (κ2) is 14.6. The van der Waals surface area contributed by atoms with E-state index in [9.17, 15) is 24.6 Å². The highest BCUT2D eigenvalue weighted by Gasteiger charge is 2.38. The molecule has 0 fully saturated rings. The van der Waals surface area contributed by atoms with E-state index in [2.05, 4.69) is 17.6 Å². The van der Waals surface area contributed by atoms with Crippen LogP contribution in [0.4, 0.5) is 4.79 Å². The largest absolute Gasteiger partial charge is 0.508 e. The number of aromatic hydroxyl groups is 1. The molecule has 0 spiro atoms. The molecule has 0 aromatic heterocycles. The molecule has 9 heteroatoms. The Hall–Kier alpha value is -2.81. The summed E-state index contributed by atoms with van der Waals surface area (Å²) >= 11 is 0. The number of nitrogens with zero attached hydrogens (tertiary/aromatic N) is 1. The molecule has 0 saturated carbocycles. The van der Waals surface area contributed by atoms with Gasteiger partial charge in [0.15, 0.2) is 0 Å². The summed E-state index contributed by atoms with van der Waals surface area (Å²) in [5.74, 6) is -1.44. The van der Waals surface area contributed by atoms with E-state index in [1.54, 1.807) is 39.0 Å². The smallest absolute Gasteiger partial charge is 0.408 e. The minimum Gasteiger partial charge on any atom is -0.508 e. The number of alkyl carbamates (subject to hydrolysis) is 1. The summed E-state index contributed by atoms with van der Waals surface area (Å²) < 4.78 is 5.35. The first-order valence-electron chi connectivity index (χ1n) is 12.4. The Morgan fingerprint density at radius 2 is 1.77 bits per heavy atom. The first-order valence-corrected chi connectivity index (χ1v) is 12.4. The van der Waals surface area contributed by atoms with Crippen LogP contribution in [0.25, 0.3) is 0 Å². The Bertz CT molecular complexity index is 824. The number of amides is 3. The van der Waals surface area contributed by atoms with Crippen LogP contribution >= 0.6 is 0 Å². The maximum atomic E-state index is 13.8. The molecule has 3 unspecified atom stereocenters. The molecule has 3 amide bonds. The maximum absolute atomic E-state index is 13.8. The fourth-order valence-electron chi connectivity index (χ4n) is 3.62. The number of nitrogens with one attached hydrogen (secondary N) is 2. The highest BCUT2D eigenvalue weighted by Crippen LogP contribution is 2.30. The number of carbonyl (C=O) groups is 3. The fourth-order valence-corrected chi connectivity index (χ4v) is 3.62. The fraction of sp³-hybridized carbons (Fsp3) is 0.654. The SMILES string of the molecule is CCCCCNC(=O)C(c1ccccc1O)N(CCO)C(=O)C(NC(=O)OC(C)(C)C)C(C)CC.